The Labute approximate surface area is 129 Å². The fraction of sp³-hybridized carbons (Fsp3) is 0.526. The molecule has 0 aliphatic carbocycles. The van der Waals surface area contributed by atoms with Crippen LogP contribution in [-0.2, 0) is 6.54 Å². The first-order valence-electron chi connectivity index (χ1n) is 8.14. The molecule has 0 saturated heterocycles. The summed E-state index contributed by atoms with van der Waals surface area (Å²) in [6.45, 7) is 9.85. The number of aryl methyl sites for hydroxylation is 1. The molecule has 1 N–H and O–H groups in total. The first kappa shape index (κ1) is 16.0. The van der Waals surface area contributed by atoms with E-state index in [9.17, 15) is 0 Å². The maximum absolute atomic E-state index is 4.55. The number of nitrogens with one attached hydrogen (secondary N) is 1. The van der Waals surface area contributed by atoms with Crippen molar-refractivity contribution in [1.29, 1.82) is 0 Å². The molecule has 0 amide bonds. The highest BCUT2D eigenvalue weighted by atomic mass is 14.9. The van der Waals surface area contributed by atoms with Gasteiger partial charge in [0.25, 0.3) is 0 Å². The Kier molecular flexibility index (Phi) is 5.75. The summed E-state index contributed by atoms with van der Waals surface area (Å²) >= 11 is 0. The van der Waals surface area contributed by atoms with Crippen LogP contribution in [0.4, 0.5) is 0 Å². The van der Waals surface area contributed by atoms with Gasteiger partial charge in [-0.1, -0.05) is 38.8 Å². The lowest BCUT2D eigenvalue weighted by Gasteiger charge is -2.14. The minimum absolute atomic E-state index is 0.579. The molecule has 1 aromatic heterocycles. The normalized spacial score (nSPS) is 13.0. The molecule has 0 aliphatic heterocycles. The second-order valence-electron chi connectivity index (χ2n) is 6.59. The molecule has 21 heavy (non-hydrogen) atoms. The van der Waals surface area contributed by atoms with Crippen molar-refractivity contribution in [2.75, 3.05) is 0 Å². The highest BCUT2D eigenvalue weighted by Crippen LogP contribution is 2.15. The largest absolute Gasteiger partial charge is 0.310 e. The van der Waals surface area contributed by atoms with Gasteiger partial charge in [-0.15, -0.1) is 0 Å². The molecule has 0 fully saturated rings. The Morgan fingerprint density at radius 2 is 1.86 bits per heavy atom. The highest BCUT2D eigenvalue weighted by molar-refractivity contribution is 5.79. The fourth-order valence-corrected chi connectivity index (χ4v) is 2.61. The molecule has 0 spiro atoms. The van der Waals surface area contributed by atoms with Crippen molar-refractivity contribution in [3.05, 3.63) is 41.6 Å². The highest BCUT2D eigenvalue weighted by Gasteiger charge is 2.04. The van der Waals surface area contributed by atoms with E-state index >= 15 is 0 Å². The second kappa shape index (κ2) is 7.56. The molecule has 1 aromatic carbocycles. The van der Waals surface area contributed by atoms with Gasteiger partial charge in [-0.3, -0.25) is 4.98 Å². The predicted octanol–water partition coefficient (Wildman–Crippen LogP) is 4.85. The third-order valence-corrected chi connectivity index (χ3v) is 3.97. The van der Waals surface area contributed by atoms with Crippen LogP contribution in [0.15, 0.2) is 30.3 Å². The van der Waals surface area contributed by atoms with E-state index in [0.29, 0.717) is 6.04 Å². The van der Waals surface area contributed by atoms with Crippen molar-refractivity contribution < 1.29 is 0 Å². The van der Waals surface area contributed by atoms with Crippen LogP contribution in [0.3, 0.4) is 0 Å². The molecule has 2 aromatic rings. The van der Waals surface area contributed by atoms with Gasteiger partial charge in [-0.25, -0.2) is 0 Å². The Morgan fingerprint density at radius 3 is 2.62 bits per heavy atom. The van der Waals surface area contributed by atoms with Crippen molar-refractivity contribution in [3.63, 3.8) is 0 Å². The van der Waals surface area contributed by atoms with Crippen LogP contribution in [0, 0.1) is 12.8 Å². The standard InChI is InChI=1S/C19H28N2/c1-14(2)6-5-7-15(3)20-13-17-9-11-19-18(12-17)10-8-16(4)21-19/h8-12,14-15,20H,5-7,13H2,1-4H3. The Balaban J connectivity index is 1.87. The van der Waals surface area contributed by atoms with E-state index in [2.05, 4.69) is 61.4 Å². The SMILES string of the molecule is Cc1ccc2cc(CNC(C)CCCC(C)C)ccc2n1. The number of rotatable bonds is 7. The number of hydrogen-bond donors (Lipinski definition) is 1. The van der Waals surface area contributed by atoms with E-state index in [4.69, 9.17) is 0 Å². The Bertz CT molecular complexity index is 575. The van der Waals surface area contributed by atoms with Crippen molar-refractivity contribution in [3.8, 4) is 0 Å². The predicted molar refractivity (Wildman–Crippen MR) is 91.5 cm³/mol. The average molecular weight is 284 g/mol. The molecular weight excluding hydrogens is 256 g/mol. The van der Waals surface area contributed by atoms with Crippen molar-refractivity contribution in [2.24, 2.45) is 5.92 Å². The van der Waals surface area contributed by atoms with Gasteiger partial charge >= 0.3 is 0 Å². The van der Waals surface area contributed by atoms with Gasteiger partial charge < -0.3 is 5.32 Å². The monoisotopic (exact) mass is 284 g/mol. The van der Waals surface area contributed by atoms with Crippen LogP contribution >= 0.6 is 0 Å². The molecule has 0 bridgehead atoms. The molecule has 0 saturated carbocycles. The summed E-state index contributed by atoms with van der Waals surface area (Å²) in [6, 6.07) is 11.4. The zero-order valence-electron chi connectivity index (χ0n) is 13.8. The fourth-order valence-electron chi connectivity index (χ4n) is 2.61. The van der Waals surface area contributed by atoms with Crippen LogP contribution in [0.2, 0.25) is 0 Å². The average Bonchev–Trinajstić information content (AvgIpc) is 2.44. The van der Waals surface area contributed by atoms with Gasteiger partial charge in [0, 0.05) is 23.7 Å². The van der Waals surface area contributed by atoms with Crippen LogP contribution < -0.4 is 5.32 Å². The topological polar surface area (TPSA) is 24.9 Å². The molecular formula is C19H28N2. The summed E-state index contributed by atoms with van der Waals surface area (Å²) in [5, 5.41) is 4.86. The van der Waals surface area contributed by atoms with Crippen molar-refractivity contribution in [2.45, 2.75) is 59.5 Å². The third-order valence-electron chi connectivity index (χ3n) is 3.97. The molecule has 0 radical (unpaired) electrons. The molecule has 0 aliphatic rings. The van der Waals surface area contributed by atoms with Gasteiger partial charge in [0.2, 0.25) is 0 Å². The molecule has 1 atom stereocenters. The number of benzene rings is 1. The smallest absolute Gasteiger partial charge is 0.0705 e. The van der Waals surface area contributed by atoms with Gasteiger partial charge in [0.15, 0.2) is 0 Å². The molecule has 1 unspecified atom stereocenters. The second-order valence-corrected chi connectivity index (χ2v) is 6.59. The zero-order chi connectivity index (χ0) is 15.2. The quantitative estimate of drug-likeness (QED) is 0.786. The summed E-state index contributed by atoms with van der Waals surface area (Å²) in [6.07, 6.45) is 3.90. The maximum atomic E-state index is 4.55. The lowest BCUT2D eigenvalue weighted by atomic mass is 10.0. The number of aromatic nitrogens is 1. The van der Waals surface area contributed by atoms with Gasteiger partial charge in [-0.2, -0.15) is 0 Å². The first-order chi connectivity index (χ1) is 10.0. The minimum Gasteiger partial charge on any atom is -0.310 e. The summed E-state index contributed by atoms with van der Waals surface area (Å²) in [7, 11) is 0. The van der Waals surface area contributed by atoms with Crippen LogP contribution in [0.1, 0.15) is 51.3 Å². The van der Waals surface area contributed by atoms with Gasteiger partial charge in [0.05, 0.1) is 5.52 Å². The maximum Gasteiger partial charge on any atom is 0.0705 e. The van der Waals surface area contributed by atoms with E-state index < -0.39 is 0 Å². The van der Waals surface area contributed by atoms with E-state index in [1.54, 1.807) is 0 Å². The first-order valence-corrected chi connectivity index (χ1v) is 8.14. The molecule has 2 heteroatoms. The minimum atomic E-state index is 0.579. The number of hydrogen-bond acceptors (Lipinski definition) is 2. The number of fused-ring (bicyclic) bond motifs is 1. The summed E-state index contributed by atoms with van der Waals surface area (Å²) in [5.41, 5.74) is 3.50. The Hall–Kier alpha value is -1.41. The van der Waals surface area contributed by atoms with Crippen LogP contribution in [0.25, 0.3) is 10.9 Å². The van der Waals surface area contributed by atoms with Crippen LogP contribution in [-0.4, -0.2) is 11.0 Å². The van der Waals surface area contributed by atoms with E-state index in [1.165, 1.54) is 30.2 Å². The lowest BCUT2D eigenvalue weighted by Crippen LogP contribution is -2.25. The van der Waals surface area contributed by atoms with Crippen molar-refractivity contribution >= 4 is 10.9 Å². The zero-order valence-corrected chi connectivity index (χ0v) is 13.8. The third kappa shape index (κ3) is 5.13. The molecule has 1 heterocycles. The number of pyridine rings is 1. The molecule has 114 valence electrons. The van der Waals surface area contributed by atoms with Crippen LogP contribution in [0.5, 0.6) is 0 Å². The summed E-state index contributed by atoms with van der Waals surface area (Å²) in [4.78, 5) is 4.55. The van der Waals surface area contributed by atoms with Gasteiger partial charge in [-0.05, 0) is 49.9 Å². The van der Waals surface area contributed by atoms with E-state index in [-0.39, 0.29) is 0 Å². The molecule has 2 nitrogen and oxygen atoms in total. The summed E-state index contributed by atoms with van der Waals surface area (Å²) in [5.74, 6) is 0.814. The van der Waals surface area contributed by atoms with E-state index in [1.807, 2.05) is 6.92 Å². The number of nitrogens with zero attached hydrogens (tertiary/aromatic N) is 1. The molecule has 2 rings (SSSR count). The summed E-state index contributed by atoms with van der Waals surface area (Å²) < 4.78 is 0. The van der Waals surface area contributed by atoms with Crippen molar-refractivity contribution in [1.82, 2.24) is 10.3 Å². The Morgan fingerprint density at radius 1 is 1.05 bits per heavy atom. The lowest BCUT2D eigenvalue weighted by molar-refractivity contribution is 0.457. The van der Waals surface area contributed by atoms with E-state index in [0.717, 1.165) is 23.7 Å². The van der Waals surface area contributed by atoms with Gasteiger partial charge in [0.1, 0.15) is 0 Å².